The van der Waals surface area contributed by atoms with Crippen molar-refractivity contribution in [1.82, 2.24) is 4.90 Å². The molecule has 0 aliphatic heterocycles. The summed E-state index contributed by atoms with van der Waals surface area (Å²) >= 11 is 0. The van der Waals surface area contributed by atoms with Gasteiger partial charge in [-0.15, -0.1) is 0 Å². The monoisotopic (exact) mass is 476 g/mol. The number of rotatable bonds is 23. The van der Waals surface area contributed by atoms with Crippen LogP contribution in [-0.2, 0) is 4.79 Å². The topological polar surface area (TPSA) is 147 Å². The van der Waals surface area contributed by atoms with Crippen LogP contribution in [0.3, 0.4) is 0 Å². The molecule has 0 saturated heterocycles. The molecule has 0 aromatic carbocycles. The Balaban J connectivity index is 4.06. The van der Waals surface area contributed by atoms with Crippen LogP contribution in [0.25, 0.3) is 0 Å². The number of carbonyl (C=O) groups is 1. The Morgan fingerprint density at radius 3 is 1.55 bits per heavy atom. The number of aliphatic hydroxyl groups is 5. The molecule has 8 nitrogen and oxygen atoms in total. The van der Waals surface area contributed by atoms with Crippen molar-refractivity contribution in [3.63, 3.8) is 0 Å². The van der Waals surface area contributed by atoms with Crippen molar-refractivity contribution in [2.75, 3.05) is 26.2 Å². The van der Waals surface area contributed by atoms with E-state index in [1.807, 2.05) is 0 Å². The Labute approximate surface area is 201 Å². The molecule has 33 heavy (non-hydrogen) atoms. The molecular weight excluding hydrogens is 424 g/mol. The van der Waals surface area contributed by atoms with Gasteiger partial charge in [0.1, 0.15) is 18.3 Å². The third kappa shape index (κ3) is 15.7. The second-order valence-electron chi connectivity index (χ2n) is 9.24. The lowest BCUT2D eigenvalue weighted by Gasteiger charge is -2.30. The van der Waals surface area contributed by atoms with Gasteiger partial charge in [0.25, 0.3) is 5.91 Å². The van der Waals surface area contributed by atoms with Crippen LogP contribution in [0.5, 0.6) is 0 Å². The summed E-state index contributed by atoms with van der Waals surface area (Å²) in [6.45, 7) is 2.66. The minimum Gasteiger partial charge on any atom is -0.394 e. The summed E-state index contributed by atoms with van der Waals surface area (Å²) in [7, 11) is 0. The average molecular weight is 477 g/mol. The summed E-state index contributed by atoms with van der Waals surface area (Å²) in [5.41, 5.74) is 5.55. The van der Waals surface area contributed by atoms with Gasteiger partial charge in [-0.05, 0) is 19.4 Å². The number of nitrogens with two attached hydrogens (primary N) is 1. The largest absolute Gasteiger partial charge is 0.394 e. The summed E-state index contributed by atoms with van der Waals surface area (Å²) in [6.07, 6.45) is 10.7. The quantitative estimate of drug-likeness (QED) is 0.124. The second kappa shape index (κ2) is 21.7. The van der Waals surface area contributed by atoms with Gasteiger partial charge in [0, 0.05) is 13.1 Å². The molecule has 0 fully saturated rings. The fourth-order valence-corrected chi connectivity index (χ4v) is 3.97. The summed E-state index contributed by atoms with van der Waals surface area (Å²) in [5, 5.41) is 48.2. The van der Waals surface area contributed by atoms with Gasteiger partial charge in [0.15, 0.2) is 6.10 Å². The van der Waals surface area contributed by atoms with Gasteiger partial charge in [-0.1, -0.05) is 90.4 Å². The lowest BCUT2D eigenvalue weighted by molar-refractivity contribution is -0.158. The minimum atomic E-state index is -1.88. The van der Waals surface area contributed by atoms with Crippen LogP contribution < -0.4 is 5.73 Å². The van der Waals surface area contributed by atoms with Gasteiger partial charge >= 0.3 is 0 Å². The Morgan fingerprint density at radius 1 is 0.697 bits per heavy atom. The molecule has 1 amide bonds. The van der Waals surface area contributed by atoms with E-state index in [-0.39, 0.29) is 0 Å². The van der Waals surface area contributed by atoms with E-state index in [9.17, 15) is 25.2 Å². The molecule has 0 rings (SSSR count). The van der Waals surface area contributed by atoms with Crippen LogP contribution >= 0.6 is 0 Å². The van der Waals surface area contributed by atoms with E-state index in [2.05, 4.69) is 6.92 Å². The summed E-state index contributed by atoms with van der Waals surface area (Å²) in [5.74, 6) is -0.699. The maximum Gasteiger partial charge on any atom is 0.254 e. The number of hydrogen-bond acceptors (Lipinski definition) is 7. The van der Waals surface area contributed by atoms with Crippen molar-refractivity contribution < 1.29 is 30.3 Å². The molecule has 7 N–H and O–H groups in total. The van der Waals surface area contributed by atoms with Crippen molar-refractivity contribution in [2.24, 2.45) is 5.73 Å². The number of carbonyl (C=O) groups excluding carboxylic acids is 1. The Morgan fingerprint density at radius 2 is 1.12 bits per heavy atom. The maximum atomic E-state index is 12.6. The zero-order valence-electron chi connectivity index (χ0n) is 20.9. The zero-order valence-corrected chi connectivity index (χ0v) is 20.9. The highest BCUT2D eigenvalue weighted by molar-refractivity contribution is 5.81. The third-order valence-electron chi connectivity index (χ3n) is 6.23. The zero-order chi connectivity index (χ0) is 24.9. The van der Waals surface area contributed by atoms with E-state index < -0.39 is 36.9 Å². The van der Waals surface area contributed by atoms with E-state index in [1.165, 1.54) is 75.5 Å². The standard InChI is InChI=1S/C25H52N2O6/c1-2-3-4-5-6-7-8-9-10-11-12-13-14-15-18-27(19-16-17-26)25(33)24(32)23(31)22(30)21(29)20-28/h21-24,28-32H,2-20,26H2,1H3/t21-,22-,23+,24-/m1/s1. The number of hydrogen-bond donors (Lipinski definition) is 6. The van der Waals surface area contributed by atoms with E-state index >= 15 is 0 Å². The van der Waals surface area contributed by atoms with Crippen LogP contribution in [0.1, 0.15) is 103 Å². The lowest BCUT2D eigenvalue weighted by atomic mass is 10.0. The van der Waals surface area contributed by atoms with E-state index in [0.29, 0.717) is 26.1 Å². The lowest BCUT2D eigenvalue weighted by Crippen LogP contribution is -2.53. The second-order valence-corrected chi connectivity index (χ2v) is 9.24. The van der Waals surface area contributed by atoms with Crippen LogP contribution in [0, 0.1) is 0 Å². The summed E-state index contributed by atoms with van der Waals surface area (Å²) < 4.78 is 0. The van der Waals surface area contributed by atoms with Crippen molar-refractivity contribution in [2.45, 2.75) is 128 Å². The first kappa shape index (κ1) is 32.2. The maximum absolute atomic E-state index is 12.6. The van der Waals surface area contributed by atoms with Crippen molar-refractivity contribution in [3.05, 3.63) is 0 Å². The molecule has 0 bridgehead atoms. The van der Waals surface area contributed by atoms with Crippen molar-refractivity contribution in [3.8, 4) is 0 Å². The SMILES string of the molecule is CCCCCCCCCCCCCCCCN(CCCN)C(=O)[C@H](O)[C@@H](O)[C@H](O)[C@H](O)CO. The molecule has 0 radical (unpaired) electrons. The molecule has 0 aliphatic carbocycles. The van der Waals surface area contributed by atoms with Gasteiger partial charge in [-0.25, -0.2) is 0 Å². The molecular formula is C25H52N2O6. The predicted octanol–water partition coefficient (Wildman–Crippen LogP) is 2.08. The fourth-order valence-electron chi connectivity index (χ4n) is 3.97. The molecule has 0 aromatic rings. The van der Waals surface area contributed by atoms with E-state index in [1.54, 1.807) is 0 Å². The average Bonchev–Trinajstić information content (AvgIpc) is 2.83. The van der Waals surface area contributed by atoms with Crippen LogP contribution in [-0.4, -0.2) is 87.0 Å². The summed E-state index contributed by atoms with van der Waals surface area (Å²) in [4.78, 5) is 14.0. The van der Waals surface area contributed by atoms with Crippen LogP contribution in [0.4, 0.5) is 0 Å². The molecule has 0 aliphatic rings. The molecule has 0 aromatic heterocycles. The first-order valence-corrected chi connectivity index (χ1v) is 13.2. The summed E-state index contributed by atoms with van der Waals surface area (Å²) in [6, 6.07) is 0. The van der Waals surface area contributed by atoms with Crippen LogP contribution in [0.15, 0.2) is 0 Å². The predicted molar refractivity (Wildman–Crippen MR) is 132 cm³/mol. The van der Waals surface area contributed by atoms with Gasteiger partial charge in [0.05, 0.1) is 6.61 Å². The fraction of sp³-hybridized carbons (Fsp3) is 0.960. The molecule has 0 unspecified atom stereocenters. The van der Waals surface area contributed by atoms with Crippen molar-refractivity contribution in [1.29, 1.82) is 0 Å². The normalized spacial score (nSPS) is 15.2. The number of unbranched alkanes of at least 4 members (excludes halogenated alkanes) is 13. The van der Waals surface area contributed by atoms with E-state index in [4.69, 9.17) is 10.8 Å². The van der Waals surface area contributed by atoms with Gasteiger partial charge in [0.2, 0.25) is 0 Å². The van der Waals surface area contributed by atoms with Crippen molar-refractivity contribution >= 4 is 5.91 Å². The Hall–Kier alpha value is -0.770. The van der Waals surface area contributed by atoms with Gasteiger partial charge in [-0.3, -0.25) is 4.79 Å². The highest BCUT2D eigenvalue weighted by Crippen LogP contribution is 2.14. The Kier molecular flexibility index (Phi) is 21.2. The van der Waals surface area contributed by atoms with Gasteiger partial charge < -0.3 is 36.2 Å². The number of amides is 1. The third-order valence-corrected chi connectivity index (χ3v) is 6.23. The molecule has 8 heteroatoms. The molecule has 0 spiro atoms. The molecule has 0 heterocycles. The molecule has 198 valence electrons. The Bertz CT molecular complexity index is 455. The smallest absolute Gasteiger partial charge is 0.254 e. The molecule has 4 atom stereocenters. The minimum absolute atomic E-state index is 0.357. The highest BCUT2D eigenvalue weighted by atomic mass is 16.4. The van der Waals surface area contributed by atoms with Gasteiger partial charge in [-0.2, -0.15) is 0 Å². The first-order valence-electron chi connectivity index (χ1n) is 13.2. The van der Waals surface area contributed by atoms with E-state index in [0.717, 1.165) is 19.3 Å². The number of nitrogens with zero attached hydrogens (tertiary/aromatic N) is 1. The van der Waals surface area contributed by atoms with Crippen LogP contribution in [0.2, 0.25) is 0 Å². The highest BCUT2D eigenvalue weighted by Gasteiger charge is 2.36. The molecule has 0 saturated carbocycles. The first-order chi connectivity index (χ1) is 15.9. The number of aliphatic hydroxyl groups excluding tert-OH is 5.